The summed E-state index contributed by atoms with van der Waals surface area (Å²) in [4.78, 5) is 12.4. The largest absolute Gasteiger partial charge is 0.467 e. The van der Waals surface area contributed by atoms with Gasteiger partial charge in [-0.1, -0.05) is 25.4 Å². The van der Waals surface area contributed by atoms with Crippen LogP contribution in [0.3, 0.4) is 0 Å². The van der Waals surface area contributed by atoms with Gasteiger partial charge in [0, 0.05) is 5.02 Å². The average Bonchev–Trinajstić information content (AvgIpc) is 3.04. The SMILES string of the molecule is CC(C)[C@@H](NS(=O)(=O)c1ccc(Cl)cc1)C(=O)NCc1ccco1. The van der Waals surface area contributed by atoms with Gasteiger partial charge < -0.3 is 9.73 Å². The van der Waals surface area contributed by atoms with E-state index in [1.807, 2.05) is 0 Å². The van der Waals surface area contributed by atoms with E-state index in [2.05, 4.69) is 10.0 Å². The normalized spacial score (nSPS) is 13.0. The third-order valence-corrected chi connectivity index (χ3v) is 5.08. The minimum atomic E-state index is -3.83. The Balaban J connectivity index is 2.09. The van der Waals surface area contributed by atoms with Crippen LogP contribution in [0.1, 0.15) is 19.6 Å². The molecule has 0 saturated carbocycles. The van der Waals surface area contributed by atoms with Crippen molar-refractivity contribution >= 4 is 27.5 Å². The maximum absolute atomic E-state index is 12.4. The molecule has 1 amide bonds. The predicted molar refractivity (Wildman–Crippen MR) is 91.0 cm³/mol. The lowest BCUT2D eigenvalue weighted by molar-refractivity contribution is -0.123. The number of rotatable bonds is 7. The monoisotopic (exact) mass is 370 g/mol. The summed E-state index contributed by atoms with van der Waals surface area (Å²) in [6.07, 6.45) is 1.50. The fourth-order valence-electron chi connectivity index (χ4n) is 2.04. The number of amides is 1. The van der Waals surface area contributed by atoms with Gasteiger partial charge in [-0.05, 0) is 42.3 Å². The Hall–Kier alpha value is -1.83. The number of carbonyl (C=O) groups excluding carboxylic acids is 1. The molecule has 1 atom stereocenters. The molecular formula is C16H19ClN2O4S. The third-order valence-electron chi connectivity index (χ3n) is 3.37. The Morgan fingerprint density at radius 1 is 1.21 bits per heavy atom. The molecule has 0 bridgehead atoms. The molecule has 0 aliphatic carbocycles. The van der Waals surface area contributed by atoms with Crippen molar-refractivity contribution < 1.29 is 17.6 Å². The number of furan rings is 1. The molecule has 24 heavy (non-hydrogen) atoms. The second-order valence-electron chi connectivity index (χ2n) is 5.59. The van der Waals surface area contributed by atoms with Crippen molar-refractivity contribution in [2.45, 2.75) is 31.3 Å². The molecule has 0 aliphatic rings. The molecule has 1 aromatic heterocycles. The Bertz CT molecular complexity index is 771. The van der Waals surface area contributed by atoms with E-state index in [1.54, 1.807) is 26.0 Å². The lowest BCUT2D eigenvalue weighted by Gasteiger charge is -2.21. The van der Waals surface area contributed by atoms with E-state index in [0.29, 0.717) is 10.8 Å². The lowest BCUT2D eigenvalue weighted by Crippen LogP contribution is -2.49. The van der Waals surface area contributed by atoms with Gasteiger partial charge in [0.05, 0.1) is 17.7 Å². The van der Waals surface area contributed by atoms with E-state index in [4.69, 9.17) is 16.0 Å². The number of sulfonamides is 1. The molecule has 0 spiro atoms. The highest BCUT2D eigenvalue weighted by molar-refractivity contribution is 7.89. The van der Waals surface area contributed by atoms with Crippen LogP contribution in [-0.4, -0.2) is 20.4 Å². The van der Waals surface area contributed by atoms with Crippen molar-refractivity contribution in [2.24, 2.45) is 5.92 Å². The zero-order valence-corrected chi connectivity index (χ0v) is 14.9. The van der Waals surface area contributed by atoms with E-state index in [1.165, 1.54) is 30.5 Å². The second-order valence-corrected chi connectivity index (χ2v) is 7.74. The molecular weight excluding hydrogens is 352 g/mol. The zero-order valence-electron chi connectivity index (χ0n) is 13.3. The van der Waals surface area contributed by atoms with Gasteiger partial charge in [0.1, 0.15) is 11.8 Å². The summed E-state index contributed by atoms with van der Waals surface area (Å²) in [6.45, 7) is 3.72. The maximum atomic E-state index is 12.4. The van der Waals surface area contributed by atoms with Gasteiger partial charge in [-0.2, -0.15) is 4.72 Å². The summed E-state index contributed by atoms with van der Waals surface area (Å²) < 4.78 is 32.5. The molecule has 8 heteroatoms. The summed E-state index contributed by atoms with van der Waals surface area (Å²) in [5.41, 5.74) is 0. The van der Waals surface area contributed by atoms with Crippen molar-refractivity contribution in [3.8, 4) is 0 Å². The first-order valence-corrected chi connectivity index (χ1v) is 9.23. The number of carbonyl (C=O) groups is 1. The molecule has 0 aliphatic heterocycles. The van der Waals surface area contributed by atoms with Crippen LogP contribution in [0.4, 0.5) is 0 Å². The van der Waals surface area contributed by atoms with Crippen LogP contribution in [0.25, 0.3) is 0 Å². The van der Waals surface area contributed by atoms with Crippen molar-refractivity contribution in [1.82, 2.24) is 10.0 Å². The molecule has 0 radical (unpaired) electrons. The fourth-order valence-corrected chi connectivity index (χ4v) is 3.51. The van der Waals surface area contributed by atoms with Gasteiger partial charge in [0.25, 0.3) is 0 Å². The number of benzene rings is 1. The van der Waals surface area contributed by atoms with Gasteiger partial charge in [-0.3, -0.25) is 4.79 Å². The first-order valence-electron chi connectivity index (χ1n) is 7.37. The van der Waals surface area contributed by atoms with Gasteiger partial charge in [0.2, 0.25) is 15.9 Å². The van der Waals surface area contributed by atoms with Crippen molar-refractivity contribution in [3.63, 3.8) is 0 Å². The molecule has 2 rings (SSSR count). The first-order chi connectivity index (χ1) is 11.3. The highest BCUT2D eigenvalue weighted by Crippen LogP contribution is 2.15. The Labute approximate surface area is 146 Å². The molecule has 6 nitrogen and oxygen atoms in total. The van der Waals surface area contributed by atoms with Gasteiger partial charge >= 0.3 is 0 Å². The first kappa shape index (κ1) is 18.5. The molecule has 1 aromatic carbocycles. The maximum Gasteiger partial charge on any atom is 0.241 e. The molecule has 0 fully saturated rings. The summed E-state index contributed by atoms with van der Waals surface area (Å²) in [5.74, 6) is -0.0611. The van der Waals surface area contributed by atoms with E-state index in [0.717, 1.165) is 0 Å². The second kappa shape index (κ2) is 7.83. The standard InChI is InChI=1S/C16H19ClN2O4S/c1-11(2)15(16(20)18-10-13-4-3-9-23-13)19-24(21,22)14-7-5-12(17)6-8-14/h3-9,11,15,19H,10H2,1-2H3,(H,18,20)/t15-/m1/s1. The van der Waals surface area contributed by atoms with Crippen LogP contribution in [0.15, 0.2) is 52.0 Å². The lowest BCUT2D eigenvalue weighted by atomic mass is 10.1. The summed E-state index contributed by atoms with van der Waals surface area (Å²) in [6, 6.07) is 8.29. The van der Waals surface area contributed by atoms with Crippen LogP contribution in [0.2, 0.25) is 5.02 Å². The summed E-state index contributed by atoms with van der Waals surface area (Å²) in [7, 11) is -3.83. The van der Waals surface area contributed by atoms with Gasteiger partial charge in [-0.15, -0.1) is 0 Å². The third kappa shape index (κ3) is 4.83. The van der Waals surface area contributed by atoms with E-state index in [-0.39, 0.29) is 17.4 Å². The van der Waals surface area contributed by atoms with Crippen LogP contribution in [0, 0.1) is 5.92 Å². The molecule has 0 unspecified atom stereocenters. The number of hydrogen-bond donors (Lipinski definition) is 2. The highest BCUT2D eigenvalue weighted by Gasteiger charge is 2.28. The topological polar surface area (TPSA) is 88.4 Å². The molecule has 130 valence electrons. The molecule has 2 aromatic rings. The molecule has 0 saturated heterocycles. The van der Waals surface area contributed by atoms with Gasteiger partial charge in [0.15, 0.2) is 0 Å². The minimum absolute atomic E-state index is 0.0522. The minimum Gasteiger partial charge on any atom is -0.467 e. The van der Waals surface area contributed by atoms with Crippen LogP contribution in [0.5, 0.6) is 0 Å². The number of nitrogens with one attached hydrogen (secondary N) is 2. The summed E-state index contributed by atoms with van der Waals surface area (Å²) in [5, 5.41) is 3.10. The fraction of sp³-hybridized carbons (Fsp3) is 0.312. The Kier molecular flexibility index (Phi) is 6.04. The quantitative estimate of drug-likeness (QED) is 0.783. The Morgan fingerprint density at radius 2 is 1.88 bits per heavy atom. The van der Waals surface area contributed by atoms with Crippen LogP contribution in [-0.2, 0) is 21.4 Å². The highest BCUT2D eigenvalue weighted by atomic mass is 35.5. The van der Waals surface area contributed by atoms with Crippen molar-refractivity contribution in [3.05, 3.63) is 53.4 Å². The number of halogens is 1. The predicted octanol–water partition coefficient (Wildman–Crippen LogP) is 2.55. The van der Waals surface area contributed by atoms with E-state index in [9.17, 15) is 13.2 Å². The summed E-state index contributed by atoms with van der Waals surface area (Å²) >= 11 is 5.77. The van der Waals surface area contributed by atoms with E-state index < -0.39 is 22.0 Å². The van der Waals surface area contributed by atoms with Gasteiger partial charge in [-0.25, -0.2) is 8.42 Å². The Morgan fingerprint density at radius 3 is 2.42 bits per heavy atom. The smallest absolute Gasteiger partial charge is 0.241 e. The van der Waals surface area contributed by atoms with Crippen LogP contribution >= 0.6 is 11.6 Å². The van der Waals surface area contributed by atoms with Crippen molar-refractivity contribution in [2.75, 3.05) is 0 Å². The zero-order chi connectivity index (χ0) is 17.7. The number of hydrogen-bond acceptors (Lipinski definition) is 4. The van der Waals surface area contributed by atoms with Crippen molar-refractivity contribution in [1.29, 1.82) is 0 Å². The molecule has 1 heterocycles. The molecule has 2 N–H and O–H groups in total. The van der Waals surface area contributed by atoms with E-state index >= 15 is 0 Å². The van der Waals surface area contributed by atoms with Crippen LogP contribution < -0.4 is 10.0 Å². The average molecular weight is 371 g/mol.